The summed E-state index contributed by atoms with van der Waals surface area (Å²) >= 11 is 5.20. The number of ether oxygens (including phenoxy) is 1. The van der Waals surface area contributed by atoms with Crippen LogP contribution in [0.2, 0.25) is 0 Å². The number of aromatic nitrogens is 3. The first-order valence-electron chi connectivity index (χ1n) is 6.92. The topological polar surface area (TPSA) is 67.9 Å². The van der Waals surface area contributed by atoms with Crippen molar-refractivity contribution in [2.45, 2.75) is 17.6 Å². The average molecular weight is 382 g/mol. The normalized spacial score (nSPS) is 17.0. The lowest BCUT2D eigenvalue weighted by molar-refractivity contribution is 0.0598. The molecular weight excluding hydrogens is 366 g/mol. The number of H-pyrrole nitrogens is 1. The summed E-state index contributed by atoms with van der Waals surface area (Å²) in [6, 6.07) is 5.65. The number of methoxy groups -OCH3 is 1. The fourth-order valence-electron chi connectivity index (χ4n) is 2.90. The molecule has 3 rings (SSSR count). The molecule has 1 aliphatic carbocycles. The molecule has 0 spiro atoms. The maximum absolute atomic E-state index is 12.2. The van der Waals surface area contributed by atoms with Crippen molar-refractivity contribution in [1.82, 2.24) is 15.2 Å². The van der Waals surface area contributed by atoms with Crippen LogP contribution in [0.5, 0.6) is 0 Å². The van der Waals surface area contributed by atoms with Crippen LogP contribution in [0.3, 0.4) is 0 Å². The van der Waals surface area contributed by atoms with E-state index in [0.717, 1.165) is 28.7 Å². The first-order chi connectivity index (χ1) is 10.6. The Balaban J connectivity index is 2.25. The quantitative estimate of drug-likeness (QED) is 0.804. The summed E-state index contributed by atoms with van der Waals surface area (Å²) in [4.78, 5) is 16.6. The molecule has 116 valence electrons. The standard InChI is InChI=1S/C15H16BrN3O2S/c1-21-13(20)11-6-5-10(16)7-12(11)15(22-2,9-3-4-9)14-17-8-18-19-14/h5-9H,3-4H2,1-2H3,(H,17,18,19). The molecule has 1 aliphatic rings. The molecule has 1 fully saturated rings. The zero-order valence-corrected chi connectivity index (χ0v) is 14.7. The summed E-state index contributed by atoms with van der Waals surface area (Å²) in [5.74, 6) is 0.875. The molecule has 1 N–H and O–H groups in total. The van der Waals surface area contributed by atoms with Crippen LogP contribution in [0.25, 0.3) is 0 Å². The molecule has 1 aromatic heterocycles. The van der Waals surface area contributed by atoms with Crippen molar-refractivity contribution >= 4 is 33.7 Å². The Labute approximate surface area is 141 Å². The first-order valence-corrected chi connectivity index (χ1v) is 8.94. The Morgan fingerprint density at radius 2 is 2.27 bits per heavy atom. The van der Waals surface area contributed by atoms with Gasteiger partial charge in [-0.3, -0.25) is 5.10 Å². The van der Waals surface area contributed by atoms with E-state index in [-0.39, 0.29) is 5.97 Å². The van der Waals surface area contributed by atoms with Gasteiger partial charge in [-0.1, -0.05) is 15.9 Å². The van der Waals surface area contributed by atoms with E-state index in [4.69, 9.17) is 4.74 Å². The van der Waals surface area contributed by atoms with Gasteiger partial charge in [0.15, 0.2) is 0 Å². The van der Waals surface area contributed by atoms with Gasteiger partial charge in [0.2, 0.25) is 0 Å². The molecule has 1 aromatic carbocycles. The number of halogens is 1. The highest BCUT2D eigenvalue weighted by Crippen LogP contribution is 2.57. The Morgan fingerprint density at radius 3 is 2.82 bits per heavy atom. The summed E-state index contributed by atoms with van der Waals surface area (Å²) in [6.07, 6.45) is 5.77. The highest BCUT2D eigenvalue weighted by molar-refractivity contribution is 9.10. The molecule has 2 aromatic rings. The molecule has 1 saturated carbocycles. The van der Waals surface area contributed by atoms with Gasteiger partial charge < -0.3 is 4.74 Å². The van der Waals surface area contributed by atoms with E-state index >= 15 is 0 Å². The maximum atomic E-state index is 12.2. The van der Waals surface area contributed by atoms with Gasteiger partial charge in [0.25, 0.3) is 0 Å². The van der Waals surface area contributed by atoms with Gasteiger partial charge in [-0.15, -0.1) is 11.8 Å². The predicted molar refractivity (Wildman–Crippen MR) is 88.9 cm³/mol. The maximum Gasteiger partial charge on any atom is 0.338 e. The van der Waals surface area contributed by atoms with Crippen molar-refractivity contribution < 1.29 is 9.53 Å². The molecule has 1 heterocycles. The molecule has 1 unspecified atom stereocenters. The molecule has 22 heavy (non-hydrogen) atoms. The van der Waals surface area contributed by atoms with Crippen molar-refractivity contribution in [1.29, 1.82) is 0 Å². The number of esters is 1. The monoisotopic (exact) mass is 381 g/mol. The number of carbonyl (C=O) groups excluding carboxylic acids is 1. The Hall–Kier alpha value is -1.34. The van der Waals surface area contributed by atoms with Crippen LogP contribution in [0.1, 0.15) is 34.6 Å². The number of hydrogen-bond donors (Lipinski definition) is 1. The predicted octanol–water partition coefficient (Wildman–Crippen LogP) is 3.37. The second-order valence-electron chi connectivity index (χ2n) is 5.23. The molecule has 7 heteroatoms. The van der Waals surface area contributed by atoms with Crippen LogP contribution >= 0.6 is 27.7 Å². The highest BCUT2D eigenvalue weighted by atomic mass is 79.9. The van der Waals surface area contributed by atoms with Crippen LogP contribution in [0.4, 0.5) is 0 Å². The lowest BCUT2D eigenvalue weighted by Crippen LogP contribution is -2.30. The van der Waals surface area contributed by atoms with Crippen molar-refractivity contribution in [2.75, 3.05) is 13.4 Å². The number of benzene rings is 1. The number of nitrogens with one attached hydrogen (secondary N) is 1. The third kappa shape index (κ3) is 2.46. The van der Waals surface area contributed by atoms with E-state index in [1.165, 1.54) is 13.4 Å². The summed E-state index contributed by atoms with van der Waals surface area (Å²) in [5, 5.41) is 7.01. The SMILES string of the molecule is COC(=O)c1ccc(Br)cc1C(SC)(c1ncn[nH]1)C1CC1. The number of rotatable bonds is 5. The summed E-state index contributed by atoms with van der Waals surface area (Å²) < 4.78 is 5.48. The van der Waals surface area contributed by atoms with Gasteiger partial charge in [-0.05, 0) is 48.8 Å². The molecular formula is C15H16BrN3O2S. The van der Waals surface area contributed by atoms with Crippen LogP contribution < -0.4 is 0 Å². The lowest BCUT2D eigenvalue weighted by Gasteiger charge is -2.32. The van der Waals surface area contributed by atoms with Gasteiger partial charge in [0.1, 0.15) is 16.9 Å². The fraction of sp³-hybridized carbons (Fsp3) is 0.400. The highest BCUT2D eigenvalue weighted by Gasteiger charge is 2.51. The molecule has 5 nitrogen and oxygen atoms in total. The number of carbonyl (C=O) groups is 1. The van der Waals surface area contributed by atoms with Crippen molar-refractivity contribution in [3.8, 4) is 0 Å². The molecule has 0 saturated heterocycles. The first kappa shape index (κ1) is 15.6. The summed E-state index contributed by atoms with van der Waals surface area (Å²) in [7, 11) is 1.40. The number of aromatic amines is 1. The van der Waals surface area contributed by atoms with Gasteiger partial charge in [0, 0.05) is 4.47 Å². The lowest BCUT2D eigenvalue weighted by atomic mass is 9.88. The van der Waals surface area contributed by atoms with Crippen molar-refractivity contribution in [2.24, 2.45) is 5.92 Å². The van der Waals surface area contributed by atoms with E-state index < -0.39 is 4.75 Å². The van der Waals surface area contributed by atoms with Crippen LogP contribution in [-0.2, 0) is 9.48 Å². The van der Waals surface area contributed by atoms with E-state index in [1.54, 1.807) is 17.8 Å². The van der Waals surface area contributed by atoms with Crippen LogP contribution in [0.15, 0.2) is 29.0 Å². The third-order valence-corrected chi connectivity index (χ3v) is 5.91. The van der Waals surface area contributed by atoms with E-state index in [9.17, 15) is 4.79 Å². The minimum atomic E-state index is -0.413. The molecule has 0 amide bonds. The van der Waals surface area contributed by atoms with Gasteiger partial charge in [-0.25, -0.2) is 9.78 Å². The zero-order valence-electron chi connectivity index (χ0n) is 12.3. The van der Waals surface area contributed by atoms with E-state index in [1.807, 2.05) is 18.4 Å². The Bertz CT molecular complexity index is 688. The third-order valence-electron chi connectivity index (χ3n) is 4.03. The minimum Gasteiger partial charge on any atom is -0.465 e. The van der Waals surface area contributed by atoms with Crippen molar-refractivity contribution in [3.63, 3.8) is 0 Å². The van der Waals surface area contributed by atoms with E-state index in [0.29, 0.717) is 11.5 Å². The fourth-order valence-corrected chi connectivity index (χ4v) is 4.51. The van der Waals surface area contributed by atoms with Crippen LogP contribution in [0, 0.1) is 5.92 Å². The molecule has 0 bridgehead atoms. The van der Waals surface area contributed by atoms with Crippen LogP contribution in [-0.4, -0.2) is 34.5 Å². The number of thioether (sulfide) groups is 1. The second-order valence-corrected chi connectivity index (χ2v) is 7.20. The average Bonchev–Trinajstić information content (AvgIpc) is 3.23. The van der Waals surface area contributed by atoms with E-state index in [2.05, 4.69) is 31.1 Å². The Kier molecular flexibility index (Phi) is 4.27. The summed E-state index contributed by atoms with van der Waals surface area (Å²) in [5.41, 5.74) is 1.49. The smallest absolute Gasteiger partial charge is 0.338 e. The number of nitrogens with zero attached hydrogens (tertiary/aromatic N) is 2. The molecule has 0 radical (unpaired) electrons. The summed E-state index contributed by atoms with van der Waals surface area (Å²) in [6.45, 7) is 0. The van der Waals surface area contributed by atoms with Gasteiger partial charge in [-0.2, -0.15) is 5.10 Å². The largest absolute Gasteiger partial charge is 0.465 e. The second kappa shape index (κ2) is 6.04. The minimum absolute atomic E-state index is 0.332. The molecule has 1 atom stereocenters. The van der Waals surface area contributed by atoms with Gasteiger partial charge in [0.05, 0.1) is 12.7 Å². The Morgan fingerprint density at radius 1 is 1.50 bits per heavy atom. The van der Waals surface area contributed by atoms with Gasteiger partial charge >= 0.3 is 5.97 Å². The zero-order chi connectivity index (χ0) is 15.7. The number of hydrogen-bond acceptors (Lipinski definition) is 5. The van der Waals surface area contributed by atoms with Crippen molar-refractivity contribution in [3.05, 3.63) is 46.0 Å². The molecule has 0 aliphatic heterocycles.